The Bertz CT molecular complexity index is 579. The number of methoxy groups -OCH3 is 1. The number of carbonyl (C=O) groups is 1. The highest BCUT2D eigenvalue weighted by atomic mass is 16.5. The molecule has 0 aromatic heterocycles. The average molecular weight is 318 g/mol. The second-order valence-corrected chi connectivity index (χ2v) is 6.67. The molecule has 2 saturated heterocycles. The largest absolute Gasteiger partial charge is 0.496 e. The van der Waals surface area contributed by atoms with Crippen LogP contribution in [0.5, 0.6) is 5.75 Å². The normalized spacial score (nSPS) is 25.1. The predicted octanol–water partition coefficient (Wildman–Crippen LogP) is 1.86. The van der Waals surface area contributed by atoms with Crippen molar-refractivity contribution in [1.82, 2.24) is 9.80 Å². The quantitative estimate of drug-likeness (QED) is 0.835. The van der Waals surface area contributed by atoms with Gasteiger partial charge in [-0.25, -0.2) is 0 Å². The monoisotopic (exact) mass is 318 g/mol. The minimum atomic E-state index is 0.104. The zero-order valence-electron chi connectivity index (χ0n) is 14.5. The van der Waals surface area contributed by atoms with Crippen LogP contribution >= 0.6 is 0 Å². The second kappa shape index (κ2) is 6.49. The number of aryl methyl sites for hydroxylation is 2. The molecular weight excluding hydrogens is 292 g/mol. The van der Waals surface area contributed by atoms with E-state index < -0.39 is 0 Å². The molecular formula is C18H26N2O3. The van der Waals surface area contributed by atoms with Crippen molar-refractivity contribution in [2.75, 3.05) is 40.4 Å². The van der Waals surface area contributed by atoms with Gasteiger partial charge in [-0.15, -0.1) is 0 Å². The minimum Gasteiger partial charge on any atom is -0.496 e. The van der Waals surface area contributed by atoms with Crippen LogP contribution in [0.15, 0.2) is 12.1 Å². The van der Waals surface area contributed by atoms with Crippen molar-refractivity contribution in [3.05, 3.63) is 28.8 Å². The number of likely N-dealkylation sites (N-methyl/N-ethyl adjacent to an activating group) is 1. The fraction of sp³-hybridized carbons (Fsp3) is 0.611. The van der Waals surface area contributed by atoms with Crippen molar-refractivity contribution in [2.45, 2.75) is 32.4 Å². The van der Waals surface area contributed by atoms with Gasteiger partial charge in [-0.3, -0.25) is 4.79 Å². The number of benzene rings is 1. The lowest BCUT2D eigenvalue weighted by Gasteiger charge is -2.46. The Labute approximate surface area is 138 Å². The maximum atomic E-state index is 13.1. The fourth-order valence-corrected chi connectivity index (χ4v) is 3.84. The minimum absolute atomic E-state index is 0.104. The van der Waals surface area contributed by atoms with E-state index in [1.807, 2.05) is 30.9 Å². The van der Waals surface area contributed by atoms with E-state index in [-0.39, 0.29) is 18.1 Å². The molecule has 2 heterocycles. The number of hydrogen-bond donors (Lipinski definition) is 0. The maximum absolute atomic E-state index is 13.1. The molecule has 0 aliphatic carbocycles. The molecule has 2 fully saturated rings. The Kier molecular flexibility index (Phi) is 4.60. The van der Waals surface area contributed by atoms with E-state index >= 15 is 0 Å². The van der Waals surface area contributed by atoms with Crippen molar-refractivity contribution < 1.29 is 14.3 Å². The van der Waals surface area contributed by atoms with Gasteiger partial charge in [0.25, 0.3) is 5.91 Å². The number of morpholine rings is 1. The van der Waals surface area contributed by atoms with Gasteiger partial charge in [0.05, 0.1) is 25.9 Å². The molecule has 3 rings (SSSR count). The summed E-state index contributed by atoms with van der Waals surface area (Å²) in [6.45, 7) is 7.18. The summed E-state index contributed by atoms with van der Waals surface area (Å²) in [7, 11) is 3.77. The molecule has 1 aromatic carbocycles. The summed E-state index contributed by atoms with van der Waals surface area (Å²) in [5.41, 5.74) is 2.75. The lowest BCUT2D eigenvalue weighted by atomic mass is 9.97. The van der Waals surface area contributed by atoms with Gasteiger partial charge >= 0.3 is 0 Å². The zero-order valence-corrected chi connectivity index (χ0v) is 14.5. The second-order valence-electron chi connectivity index (χ2n) is 6.67. The first kappa shape index (κ1) is 16.3. The van der Waals surface area contributed by atoms with Gasteiger partial charge in [0.15, 0.2) is 0 Å². The van der Waals surface area contributed by atoms with E-state index in [0.717, 1.165) is 42.0 Å². The van der Waals surface area contributed by atoms with Gasteiger partial charge < -0.3 is 19.3 Å². The lowest BCUT2D eigenvalue weighted by molar-refractivity contribution is -0.0869. The SMILES string of the molecule is COc1c(C)cc(C(=O)N2CCO[C@@H]3CCN(C)C[C@@H]32)cc1C. The molecule has 2 atom stereocenters. The number of hydrogen-bond acceptors (Lipinski definition) is 4. The fourth-order valence-electron chi connectivity index (χ4n) is 3.84. The number of fused-ring (bicyclic) bond motifs is 1. The van der Waals surface area contributed by atoms with Crippen molar-refractivity contribution in [1.29, 1.82) is 0 Å². The Balaban J connectivity index is 1.87. The van der Waals surface area contributed by atoms with Crippen LogP contribution in [0.3, 0.4) is 0 Å². The van der Waals surface area contributed by atoms with E-state index in [1.54, 1.807) is 7.11 Å². The number of rotatable bonds is 2. The van der Waals surface area contributed by atoms with Crippen molar-refractivity contribution in [3.8, 4) is 5.75 Å². The molecule has 1 aromatic rings. The molecule has 1 amide bonds. The number of piperidine rings is 1. The summed E-state index contributed by atoms with van der Waals surface area (Å²) < 4.78 is 11.3. The molecule has 126 valence electrons. The third-order valence-electron chi connectivity index (χ3n) is 4.96. The Morgan fingerprint density at radius 2 is 1.96 bits per heavy atom. The van der Waals surface area contributed by atoms with E-state index in [9.17, 15) is 4.79 Å². The molecule has 0 bridgehead atoms. The summed E-state index contributed by atoms with van der Waals surface area (Å²) in [4.78, 5) is 17.4. The number of amides is 1. The Hall–Kier alpha value is -1.59. The molecule has 0 N–H and O–H groups in total. The number of carbonyl (C=O) groups excluding carboxylic acids is 1. The first-order chi connectivity index (χ1) is 11.0. The first-order valence-corrected chi connectivity index (χ1v) is 8.27. The van der Waals surface area contributed by atoms with E-state index in [0.29, 0.717) is 13.2 Å². The van der Waals surface area contributed by atoms with Crippen LogP contribution in [0.25, 0.3) is 0 Å². The standard InChI is InChI=1S/C18H26N2O3/c1-12-9-14(10-13(2)17(12)22-4)18(21)20-7-8-23-16-5-6-19(3)11-15(16)20/h9-10,15-16H,5-8,11H2,1-4H3/t15-,16+/m0/s1. The van der Waals surface area contributed by atoms with Crippen molar-refractivity contribution in [3.63, 3.8) is 0 Å². The molecule has 23 heavy (non-hydrogen) atoms. The van der Waals surface area contributed by atoms with E-state index in [4.69, 9.17) is 9.47 Å². The third kappa shape index (κ3) is 3.08. The van der Waals surface area contributed by atoms with Gasteiger partial charge in [0.2, 0.25) is 0 Å². The molecule has 5 nitrogen and oxygen atoms in total. The van der Waals surface area contributed by atoms with Crippen LogP contribution in [0.4, 0.5) is 0 Å². The van der Waals surface area contributed by atoms with Crippen molar-refractivity contribution >= 4 is 5.91 Å². The summed E-state index contributed by atoms with van der Waals surface area (Å²) in [5, 5.41) is 0. The van der Waals surface area contributed by atoms with E-state index in [2.05, 4.69) is 11.9 Å². The summed E-state index contributed by atoms with van der Waals surface area (Å²) in [5.74, 6) is 0.964. The highest BCUT2D eigenvalue weighted by Crippen LogP contribution is 2.28. The van der Waals surface area contributed by atoms with Crippen LogP contribution < -0.4 is 4.74 Å². The van der Waals surface area contributed by atoms with Gasteiger partial charge in [-0.1, -0.05) is 0 Å². The average Bonchev–Trinajstić information content (AvgIpc) is 2.53. The van der Waals surface area contributed by atoms with Gasteiger partial charge in [-0.05, 0) is 50.6 Å². The Morgan fingerprint density at radius 3 is 2.61 bits per heavy atom. The number of ether oxygens (including phenoxy) is 2. The van der Waals surface area contributed by atoms with Crippen LogP contribution in [-0.2, 0) is 4.74 Å². The molecule has 5 heteroatoms. The molecule has 2 aliphatic heterocycles. The zero-order chi connectivity index (χ0) is 16.6. The molecule has 0 unspecified atom stereocenters. The number of likely N-dealkylation sites (tertiary alicyclic amines) is 1. The van der Waals surface area contributed by atoms with Crippen LogP contribution in [0.2, 0.25) is 0 Å². The molecule has 2 aliphatic rings. The highest BCUT2D eigenvalue weighted by Gasteiger charge is 2.38. The van der Waals surface area contributed by atoms with Gasteiger partial charge in [0, 0.05) is 25.2 Å². The maximum Gasteiger partial charge on any atom is 0.254 e. The highest BCUT2D eigenvalue weighted by molar-refractivity contribution is 5.95. The molecule has 0 radical (unpaired) electrons. The van der Waals surface area contributed by atoms with Gasteiger partial charge in [0.1, 0.15) is 5.75 Å². The summed E-state index contributed by atoms with van der Waals surface area (Å²) in [6, 6.07) is 4.02. The lowest BCUT2D eigenvalue weighted by Crippen LogP contribution is -2.60. The number of nitrogens with zero attached hydrogens (tertiary/aromatic N) is 2. The van der Waals surface area contributed by atoms with Gasteiger partial charge in [-0.2, -0.15) is 0 Å². The smallest absolute Gasteiger partial charge is 0.254 e. The topological polar surface area (TPSA) is 42.0 Å². The third-order valence-corrected chi connectivity index (χ3v) is 4.96. The summed E-state index contributed by atoms with van der Waals surface area (Å²) in [6.07, 6.45) is 1.16. The summed E-state index contributed by atoms with van der Waals surface area (Å²) >= 11 is 0. The predicted molar refractivity (Wildman–Crippen MR) is 89.1 cm³/mol. The van der Waals surface area contributed by atoms with Crippen molar-refractivity contribution in [2.24, 2.45) is 0 Å². The van der Waals surface area contributed by atoms with Crippen LogP contribution in [-0.4, -0.2) is 68.3 Å². The molecule has 0 spiro atoms. The van der Waals surface area contributed by atoms with Crippen LogP contribution in [0.1, 0.15) is 27.9 Å². The Morgan fingerprint density at radius 1 is 1.26 bits per heavy atom. The first-order valence-electron chi connectivity index (χ1n) is 8.27. The van der Waals surface area contributed by atoms with Crippen LogP contribution in [0, 0.1) is 13.8 Å². The molecule has 0 saturated carbocycles. The van der Waals surface area contributed by atoms with E-state index in [1.165, 1.54) is 0 Å².